The molecule has 0 aromatic rings. The van der Waals surface area contributed by atoms with E-state index in [0.29, 0.717) is 6.04 Å². The minimum Gasteiger partial charge on any atom is -0.480 e. The highest BCUT2D eigenvalue weighted by Gasteiger charge is 2.33. The smallest absolute Gasteiger partial charge is 0.322 e. The van der Waals surface area contributed by atoms with Gasteiger partial charge in [0.25, 0.3) is 0 Å². The molecule has 86 valence electrons. The third kappa shape index (κ3) is 2.69. The van der Waals surface area contributed by atoms with Gasteiger partial charge in [0.1, 0.15) is 6.04 Å². The lowest BCUT2D eigenvalue weighted by Crippen LogP contribution is -2.49. The molecular formula is C11H20N2O2. The van der Waals surface area contributed by atoms with Crippen LogP contribution >= 0.6 is 0 Å². The molecule has 0 bridgehead atoms. The van der Waals surface area contributed by atoms with Crippen molar-refractivity contribution in [2.75, 3.05) is 6.54 Å². The maximum Gasteiger partial charge on any atom is 0.322 e. The molecule has 4 heteroatoms. The van der Waals surface area contributed by atoms with Crippen LogP contribution in [0.4, 0.5) is 0 Å². The summed E-state index contributed by atoms with van der Waals surface area (Å²) in [5.74, 6) is -0.721. The number of carboxylic acids is 1. The van der Waals surface area contributed by atoms with Crippen LogP contribution in [0.15, 0.2) is 0 Å². The number of hydrogen-bond donors (Lipinski definition) is 3. The van der Waals surface area contributed by atoms with Crippen molar-refractivity contribution < 1.29 is 9.90 Å². The third-order valence-electron chi connectivity index (χ3n) is 3.54. The van der Waals surface area contributed by atoms with Gasteiger partial charge in [-0.1, -0.05) is 19.3 Å². The fraction of sp³-hybridized carbons (Fsp3) is 0.909. The molecule has 1 heterocycles. The van der Waals surface area contributed by atoms with Crippen LogP contribution in [0.2, 0.25) is 0 Å². The Bertz CT molecular complexity index is 227. The molecule has 0 amide bonds. The van der Waals surface area contributed by atoms with Gasteiger partial charge < -0.3 is 15.7 Å². The van der Waals surface area contributed by atoms with Crippen molar-refractivity contribution in [3.05, 3.63) is 0 Å². The van der Waals surface area contributed by atoms with Crippen LogP contribution in [0.3, 0.4) is 0 Å². The predicted molar refractivity (Wildman–Crippen MR) is 57.8 cm³/mol. The molecule has 1 saturated heterocycles. The van der Waals surface area contributed by atoms with Gasteiger partial charge in [0.05, 0.1) is 0 Å². The van der Waals surface area contributed by atoms with Gasteiger partial charge in [-0.2, -0.15) is 0 Å². The minimum absolute atomic E-state index is 0.130. The molecule has 2 fully saturated rings. The van der Waals surface area contributed by atoms with Crippen LogP contribution in [-0.2, 0) is 4.79 Å². The molecule has 2 rings (SSSR count). The monoisotopic (exact) mass is 212 g/mol. The summed E-state index contributed by atoms with van der Waals surface area (Å²) in [6.07, 6.45) is 7.27. The van der Waals surface area contributed by atoms with E-state index < -0.39 is 5.97 Å². The second kappa shape index (κ2) is 4.94. The molecule has 0 aromatic heterocycles. The summed E-state index contributed by atoms with van der Waals surface area (Å²) in [4.78, 5) is 11.0. The van der Waals surface area contributed by atoms with Gasteiger partial charge in [-0.05, 0) is 25.8 Å². The molecule has 4 nitrogen and oxygen atoms in total. The van der Waals surface area contributed by atoms with Crippen molar-refractivity contribution in [2.45, 2.75) is 56.7 Å². The quantitative estimate of drug-likeness (QED) is 0.645. The number of nitrogens with one attached hydrogen (secondary N) is 2. The predicted octanol–water partition coefficient (Wildman–Crippen LogP) is 0.724. The maximum absolute atomic E-state index is 11.0. The average Bonchev–Trinajstić information content (AvgIpc) is 2.67. The summed E-state index contributed by atoms with van der Waals surface area (Å²) >= 11 is 0. The number of carboxylic acid groups (broad SMARTS) is 1. The standard InChI is InChI=1S/C11H20N2O2/c14-11(15)10-9(6-7-12-10)13-8-4-2-1-3-5-8/h8-10,12-13H,1-7H2,(H,14,15)/t9?,10-/m0/s1. The fourth-order valence-corrected chi connectivity index (χ4v) is 2.71. The van der Waals surface area contributed by atoms with Crippen LogP contribution in [-0.4, -0.2) is 35.7 Å². The zero-order valence-electron chi connectivity index (χ0n) is 9.04. The van der Waals surface area contributed by atoms with Crippen molar-refractivity contribution in [1.29, 1.82) is 0 Å². The Hall–Kier alpha value is -0.610. The highest BCUT2D eigenvalue weighted by molar-refractivity contribution is 5.75. The van der Waals surface area contributed by atoms with Gasteiger partial charge >= 0.3 is 5.97 Å². The van der Waals surface area contributed by atoms with E-state index in [-0.39, 0.29) is 12.1 Å². The minimum atomic E-state index is -0.721. The second-order valence-electron chi connectivity index (χ2n) is 4.67. The van der Waals surface area contributed by atoms with Gasteiger partial charge in [-0.3, -0.25) is 4.79 Å². The lowest BCUT2D eigenvalue weighted by molar-refractivity contribution is -0.139. The molecule has 1 unspecified atom stereocenters. The highest BCUT2D eigenvalue weighted by atomic mass is 16.4. The normalized spacial score (nSPS) is 33.1. The summed E-state index contributed by atoms with van der Waals surface area (Å²) in [6.45, 7) is 0.821. The Labute approximate surface area is 90.4 Å². The Balaban J connectivity index is 1.84. The number of rotatable bonds is 3. The van der Waals surface area contributed by atoms with E-state index in [4.69, 9.17) is 5.11 Å². The first-order chi connectivity index (χ1) is 7.27. The van der Waals surface area contributed by atoms with E-state index in [1.54, 1.807) is 0 Å². The third-order valence-corrected chi connectivity index (χ3v) is 3.54. The lowest BCUT2D eigenvalue weighted by atomic mass is 9.94. The van der Waals surface area contributed by atoms with Crippen LogP contribution in [0.1, 0.15) is 38.5 Å². The Morgan fingerprint density at radius 3 is 2.60 bits per heavy atom. The van der Waals surface area contributed by atoms with Gasteiger partial charge in [0.2, 0.25) is 0 Å². The Kier molecular flexibility index (Phi) is 3.59. The van der Waals surface area contributed by atoms with Gasteiger partial charge in [0, 0.05) is 12.1 Å². The average molecular weight is 212 g/mol. The van der Waals surface area contributed by atoms with Crippen LogP contribution in [0.25, 0.3) is 0 Å². The SMILES string of the molecule is O=C(O)[C@H]1NCCC1NC1CCCCC1. The summed E-state index contributed by atoms with van der Waals surface area (Å²) in [7, 11) is 0. The zero-order chi connectivity index (χ0) is 10.7. The van der Waals surface area contributed by atoms with E-state index >= 15 is 0 Å². The molecule has 1 aliphatic carbocycles. The van der Waals surface area contributed by atoms with Crippen LogP contribution < -0.4 is 10.6 Å². The molecule has 1 aliphatic heterocycles. The molecule has 15 heavy (non-hydrogen) atoms. The first-order valence-electron chi connectivity index (χ1n) is 5.99. The molecule has 2 atom stereocenters. The van der Waals surface area contributed by atoms with Crippen LogP contribution in [0, 0.1) is 0 Å². The lowest BCUT2D eigenvalue weighted by Gasteiger charge is -2.28. The van der Waals surface area contributed by atoms with E-state index in [1.807, 2.05) is 0 Å². The largest absolute Gasteiger partial charge is 0.480 e. The maximum atomic E-state index is 11.0. The number of aliphatic carboxylic acids is 1. The molecule has 0 spiro atoms. The van der Waals surface area contributed by atoms with E-state index in [2.05, 4.69) is 10.6 Å². The molecule has 0 aromatic carbocycles. The number of carbonyl (C=O) groups is 1. The van der Waals surface area contributed by atoms with Crippen molar-refractivity contribution >= 4 is 5.97 Å². The van der Waals surface area contributed by atoms with E-state index in [0.717, 1.165) is 13.0 Å². The summed E-state index contributed by atoms with van der Waals surface area (Å²) in [5.41, 5.74) is 0. The first-order valence-corrected chi connectivity index (χ1v) is 5.99. The van der Waals surface area contributed by atoms with Crippen molar-refractivity contribution in [3.63, 3.8) is 0 Å². The molecule has 0 radical (unpaired) electrons. The molecule has 1 saturated carbocycles. The molecular weight excluding hydrogens is 192 g/mol. The molecule has 2 aliphatic rings. The van der Waals surface area contributed by atoms with Gasteiger partial charge in [-0.15, -0.1) is 0 Å². The zero-order valence-corrected chi connectivity index (χ0v) is 9.04. The van der Waals surface area contributed by atoms with Crippen molar-refractivity contribution in [3.8, 4) is 0 Å². The van der Waals surface area contributed by atoms with Gasteiger partial charge in [0.15, 0.2) is 0 Å². The van der Waals surface area contributed by atoms with Crippen molar-refractivity contribution in [1.82, 2.24) is 10.6 Å². The Morgan fingerprint density at radius 1 is 1.20 bits per heavy atom. The Morgan fingerprint density at radius 2 is 1.93 bits per heavy atom. The molecule has 3 N–H and O–H groups in total. The highest BCUT2D eigenvalue weighted by Crippen LogP contribution is 2.19. The second-order valence-corrected chi connectivity index (χ2v) is 4.67. The topological polar surface area (TPSA) is 61.4 Å². The van der Waals surface area contributed by atoms with E-state index in [9.17, 15) is 4.79 Å². The van der Waals surface area contributed by atoms with Crippen molar-refractivity contribution in [2.24, 2.45) is 0 Å². The van der Waals surface area contributed by atoms with Gasteiger partial charge in [-0.25, -0.2) is 0 Å². The number of hydrogen-bond acceptors (Lipinski definition) is 3. The first kappa shape index (κ1) is 10.9. The summed E-state index contributed by atoms with van der Waals surface area (Å²) < 4.78 is 0. The fourth-order valence-electron chi connectivity index (χ4n) is 2.71. The van der Waals surface area contributed by atoms with Crippen LogP contribution in [0.5, 0.6) is 0 Å². The summed E-state index contributed by atoms with van der Waals surface area (Å²) in [5, 5.41) is 15.6. The summed E-state index contributed by atoms with van der Waals surface area (Å²) in [6, 6.07) is 0.294. The van der Waals surface area contributed by atoms with E-state index in [1.165, 1.54) is 32.1 Å².